The van der Waals surface area contributed by atoms with Gasteiger partial charge in [0.1, 0.15) is 5.76 Å². The van der Waals surface area contributed by atoms with Crippen molar-refractivity contribution >= 4 is 11.6 Å². The summed E-state index contributed by atoms with van der Waals surface area (Å²) < 4.78 is 5.43. The summed E-state index contributed by atoms with van der Waals surface area (Å²) in [7, 11) is 0. The van der Waals surface area contributed by atoms with Crippen molar-refractivity contribution in [1.29, 1.82) is 0 Å². The Labute approximate surface area is 117 Å². The molecule has 0 radical (unpaired) electrons. The van der Waals surface area contributed by atoms with E-state index in [2.05, 4.69) is 10.3 Å². The zero-order valence-electron chi connectivity index (χ0n) is 10.9. The molecule has 0 aliphatic rings. The first kappa shape index (κ1) is 14.1. The number of benzene rings is 1. The third kappa shape index (κ3) is 3.56. The zero-order valence-corrected chi connectivity index (χ0v) is 11.7. The maximum Gasteiger partial charge on any atom is 0.211 e. The van der Waals surface area contributed by atoms with E-state index in [0.29, 0.717) is 23.0 Å². The minimum absolute atomic E-state index is 0.0640. The van der Waals surface area contributed by atoms with E-state index in [1.54, 1.807) is 12.3 Å². The quantitative estimate of drug-likeness (QED) is 0.884. The number of aliphatic hydroxyl groups is 1. The second kappa shape index (κ2) is 6.19. The molecule has 0 saturated carbocycles. The largest absolute Gasteiger partial charge is 0.444 e. The Bertz CT molecular complexity index is 542. The molecule has 2 N–H and O–H groups in total. The van der Waals surface area contributed by atoms with E-state index in [-0.39, 0.29) is 6.04 Å². The van der Waals surface area contributed by atoms with Crippen LogP contribution < -0.4 is 5.32 Å². The van der Waals surface area contributed by atoms with Gasteiger partial charge >= 0.3 is 0 Å². The van der Waals surface area contributed by atoms with Crippen molar-refractivity contribution in [3.05, 3.63) is 52.7 Å². The molecule has 1 heterocycles. The number of aliphatic hydroxyl groups excluding tert-OH is 1. The van der Waals surface area contributed by atoms with Gasteiger partial charge in [-0.1, -0.05) is 29.8 Å². The highest BCUT2D eigenvalue weighted by Crippen LogP contribution is 2.22. The molecule has 1 aromatic carbocycles. The third-order valence-corrected chi connectivity index (χ3v) is 3.24. The summed E-state index contributed by atoms with van der Waals surface area (Å²) in [6.07, 6.45) is 1.02. The van der Waals surface area contributed by atoms with Crippen LogP contribution in [0.5, 0.6) is 0 Å². The van der Waals surface area contributed by atoms with E-state index in [1.807, 2.05) is 32.0 Å². The van der Waals surface area contributed by atoms with E-state index in [9.17, 15) is 5.11 Å². The van der Waals surface area contributed by atoms with Crippen LogP contribution in [-0.4, -0.2) is 16.6 Å². The molecule has 4 nitrogen and oxygen atoms in total. The average Bonchev–Trinajstić information content (AvgIpc) is 2.83. The standard InChI is InChI=1S/C14H17ClN2O2/c1-9-7-17-14(19-9)10(2)16-8-13(18)11-5-3-4-6-12(11)15/h3-7,10,13,16,18H,8H2,1-2H3. The number of halogens is 1. The summed E-state index contributed by atoms with van der Waals surface area (Å²) in [5.74, 6) is 1.39. The number of rotatable bonds is 5. The molecule has 0 amide bonds. The summed E-state index contributed by atoms with van der Waals surface area (Å²) in [4.78, 5) is 4.15. The first-order valence-corrected chi connectivity index (χ1v) is 6.54. The van der Waals surface area contributed by atoms with Crippen LogP contribution >= 0.6 is 11.6 Å². The number of hydrogen-bond donors (Lipinski definition) is 2. The molecule has 0 bridgehead atoms. The predicted molar refractivity (Wildman–Crippen MR) is 74.1 cm³/mol. The van der Waals surface area contributed by atoms with E-state index in [0.717, 1.165) is 5.76 Å². The van der Waals surface area contributed by atoms with Crippen LogP contribution in [0.2, 0.25) is 5.02 Å². The van der Waals surface area contributed by atoms with Gasteiger partial charge < -0.3 is 14.8 Å². The molecule has 2 aromatic rings. The number of nitrogens with zero attached hydrogens (tertiary/aromatic N) is 1. The van der Waals surface area contributed by atoms with Gasteiger partial charge in [-0.2, -0.15) is 0 Å². The SMILES string of the molecule is Cc1cnc(C(C)NCC(O)c2ccccc2Cl)o1. The van der Waals surface area contributed by atoms with Crippen molar-refractivity contribution in [2.75, 3.05) is 6.54 Å². The Balaban J connectivity index is 1.94. The van der Waals surface area contributed by atoms with Gasteiger partial charge in [-0.05, 0) is 19.9 Å². The number of aromatic nitrogens is 1. The van der Waals surface area contributed by atoms with E-state index >= 15 is 0 Å². The van der Waals surface area contributed by atoms with Gasteiger partial charge in [0, 0.05) is 17.1 Å². The summed E-state index contributed by atoms with van der Waals surface area (Å²) in [5, 5.41) is 13.8. The highest BCUT2D eigenvalue weighted by Gasteiger charge is 2.15. The summed E-state index contributed by atoms with van der Waals surface area (Å²) in [5.41, 5.74) is 0.715. The van der Waals surface area contributed by atoms with Crippen LogP contribution in [-0.2, 0) is 0 Å². The van der Waals surface area contributed by atoms with Crippen LogP contribution in [0.15, 0.2) is 34.9 Å². The molecule has 0 fully saturated rings. The number of oxazole rings is 1. The molecule has 19 heavy (non-hydrogen) atoms. The van der Waals surface area contributed by atoms with Crippen molar-refractivity contribution in [3.8, 4) is 0 Å². The molecule has 5 heteroatoms. The topological polar surface area (TPSA) is 58.3 Å². The average molecular weight is 281 g/mol. The van der Waals surface area contributed by atoms with Gasteiger partial charge in [-0.3, -0.25) is 0 Å². The molecule has 2 unspecified atom stereocenters. The zero-order chi connectivity index (χ0) is 13.8. The molecular formula is C14H17ClN2O2. The lowest BCUT2D eigenvalue weighted by molar-refractivity contribution is 0.168. The predicted octanol–water partition coefficient (Wildman–Crippen LogP) is 3.02. The second-order valence-corrected chi connectivity index (χ2v) is 4.88. The fraction of sp³-hybridized carbons (Fsp3) is 0.357. The van der Waals surface area contributed by atoms with Gasteiger partial charge in [-0.25, -0.2) is 4.98 Å². The lowest BCUT2D eigenvalue weighted by Crippen LogP contribution is -2.25. The molecular weight excluding hydrogens is 264 g/mol. The van der Waals surface area contributed by atoms with Crippen molar-refractivity contribution in [2.24, 2.45) is 0 Å². The van der Waals surface area contributed by atoms with Crippen LogP contribution in [0.25, 0.3) is 0 Å². The van der Waals surface area contributed by atoms with Crippen molar-refractivity contribution in [1.82, 2.24) is 10.3 Å². The van der Waals surface area contributed by atoms with E-state index in [4.69, 9.17) is 16.0 Å². The second-order valence-electron chi connectivity index (χ2n) is 4.48. The van der Waals surface area contributed by atoms with Crippen LogP contribution in [0.4, 0.5) is 0 Å². The van der Waals surface area contributed by atoms with Crippen LogP contribution in [0.1, 0.15) is 36.3 Å². The van der Waals surface area contributed by atoms with Crippen molar-refractivity contribution < 1.29 is 9.52 Å². The third-order valence-electron chi connectivity index (χ3n) is 2.89. The Kier molecular flexibility index (Phi) is 4.58. The maximum absolute atomic E-state index is 10.1. The van der Waals surface area contributed by atoms with Crippen molar-refractivity contribution in [2.45, 2.75) is 26.0 Å². The first-order chi connectivity index (χ1) is 9.08. The Morgan fingerprint density at radius 3 is 2.79 bits per heavy atom. The van der Waals surface area contributed by atoms with Crippen LogP contribution in [0, 0.1) is 6.92 Å². The van der Waals surface area contributed by atoms with Gasteiger partial charge in [0.2, 0.25) is 5.89 Å². The van der Waals surface area contributed by atoms with E-state index < -0.39 is 6.10 Å². The van der Waals surface area contributed by atoms with Crippen LogP contribution in [0.3, 0.4) is 0 Å². The summed E-state index contributed by atoms with van der Waals surface area (Å²) >= 11 is 6.04. The Hall–Kier alpha value is -1.36. The van der Waals surface area contributed by atoms with E-state index in [1.165, 1.54) is 0 Å². The first-order valence-electron chi connectivity index (χ1n) is 6.16. The highest BCUT2D eigenvalue weighted by molar-refractivity contribution is 6.31. The molecule has 102 valence electrons. The summed E-state index contributed by atoms with van der Waals surface area (Å²) in [6, 6.07) is 7.20. The normalized spacial score (nSPS) is 14.3. The minimum Gasteiger partial charge on any atom is -0.444 e. The minimum atomic E-state index is -0.660. The number of hydrogen-bond acceptors (Lipinski definition) is 4. The number of nitrogens with one attached hydrogen (secondary N) is 1. The number of aryl methyl sites for hydroxylation is 1. The Morgan fingerprint density at radius 2 is 2.16 bits per heavy atom. The lowest BCUT2D eigenvalue weighted by Gasteiger charge is -2.16. The monoisotopic (exact) mass is 280 g/mol. The fourth-order valence-electron chi connectivity index (χ4n) is 1.80. The summed E-state index contributed by atoms with van der Waals surface area (Å²) in [6.45, 7) is 4.17. The molecule has 1 aromatic heterocycles. The smallest absolute Gasteiger partial charge is 0.211 e. The fourth-order valence-corrected chi connectivity index (χ4v) is 2.07. The van der Waals surface area contributed by atoms with Gasteiger partial charge in [-0.15, -0.1) is 0 Å². The van der Waals surface area contributed by atoms with Gasteiger partial charge in [0.15, 0.2) is 0 Å². The highest BCUT2D eigenvalue weighted by atomic mass is 35.5. The molecule has 2 rings (SSSR count). The molecule has 2 atom stereocenters. The molecule has 0 aliphatic carbocycles. The molecule has 0 saturated heterocycles. The maximum atomic E-state index is 10.1. The van der Waals surface area contributed by atoms with Crippen molar-refractivity contribution in [3.63, 3.8) is 0 Å². The molecule has 0 aliphatic heterocycles. The Morgan fingerprint density at radius 1 is 1.42 bits per heavy atom. The van der Waals surface area contributed by atoms with Gasteiger partial charge in [0.05, 0.1) is 18.3 Å². The molecule has 0 spiro atoms. The lowest BCUT2D eigenvalue weighted by atomic mass is 10.1. The van der Waals surface area contributed by atoms with Gasteiger partial charge in [0.25, 0.3) is 0 Å².